The van der Waals surface area contributed by atoms with Crippen LogP contribution in [0.5, 0.6) is 0 Å². The van der Waals surface area contributed by atoms with Crippen LogP contribution in [-0.4, -0.2) is 27.0 Å². The Morgan fingerprint density at radius 1 is 1.39 bits per heavy atom. The summed E-state index contributed by atoms with van der Waals surface area (Å²) < 4.78 is 32.2. The Balaban J connectivity index is 2.60. The number of anilines is 1. The molecule has 0 unspecified atom stereocenters. The van der Waals surface area contributed by atoms with Crippen molar-refractivity contribution in [3.8, 4) is 0 Å². The third-order valence-corrected chi connectivity index (χ3v) is 3.71. The van der Waals surface area contributed by atoms with Gasteiger partial charge < -0.3 is 4.74 Å². The molecule has 0 saturated carbocycles. The second kappa shape index (κ2) is 4.41. The number of carbonyl (C=O) groups is 1. The highest BCUT2D eigenvalue weighted by atomic mass is 32.2. The molecule has 7 heteroatoms. The fourth-order valence-electron chi connectivity index (χ4n) is 1.71. The molecule has 0 N–H and O–H groups in total. The third kappa shape index (κ3) is 2.08. The van der Waals surface area contributed by atoms with Crippen molar-refractivity contribution in [1.29, 1.82) is 0 Å². The van der Waals surface area contributed by atoms with Gasteiger partial charge in [0.05, 0.1) is 5.69 Å². The molecule has 0 aromatic heterocycles. The first-order chi connectivity index (χ1) is 8.45. The number of amidine groups is 1. The number of carbonyl (C=O) groups excluding carboxylic acids is 1. The van der Waals surface area contributed by atoms with Gasteiger partial charge in [-0.1, -0.05) is 12.1 Å². The van der Waals surface area contributed by atoms with Crippen molar-refractivity contribution in [2.24, 2.45) is 4.40 Å². The molecular weight excluding hydrogens is 256 g/mol. The lowest BCUT2D eigenvalue weighted by molar-refractivity contribution is -0.133. The van der Waals surface area contributed by atoms with Gasteiger partial charge in [0.25, 0.3) is 10.0 Å². The number of hydrogen-bond acceptors (Lipinski definition) is 5. The summed E-state index contributed by atoms with van der Waals surface area (Å²) in [6, 6.07) is 6.25. The third-order valence-electron chi connectivity index (χ3n) is 2.41. The van der Waals surface area contributed by atoms with E-state index in [0.717, 1.165) is 0 Å². The molecule has 2 rings (SSSR count). The molecule has 1 aliphatic rings. The quantitative estimate of drug-likeness (QED) is 0.714. The number of nitrogens with zero attached hydrogens (tertiary/aromatic N) is 2. The van der Waals surface area contributed by atoms with E-state index in [-0.39, 0.29) is 10.9 Å². The van der Waals surface area contributed by atoms with Crippen LogP contribution in [-0.2, 0) is 19.6 Å². The summed E-state index contributed by atoms with van der Waals surface area (Å²) in [4.78, 5) is 12.6. The fraction of sp³-hybridized carbons (Fsp3) is 0.273. The van der Waals surface area contributed by atoms with Crippen LogP contribution in [0.2, 0.25) is 0 Å². The zero-order valence-corrected chi connectivity index (χ0v) is 10.8. The highest BCUT2D eigenvalue weighted by Crippen LogP contribution is 2.31. The van der Waals surface area contributed by atoms with Gasteiger partial charge in [-0.25, -0.2) is 0 Å². The summed E-state index contributed by atoms with van der Waals surface area (Å²) in [5.41, 5.74) is 0.464. The molecule has 96 valence electrons. The average Bonchev–Trinajstić information content (AvgIpc) is 2.28. The lowest BCUT2D eigenvalue weighted by atomic mass is 10.3. The molecule has 1 aliphatic heterocycles. The Labute approximate surface area is 105 Å². The number of ether oxygens (including phenoxy) is 1. The maximum atomic E-state index is 11.9. The molecule has 0 spiro atoms. The number of esters is 1. The molecular formula is C11H12N2O4S. The van der Waals surface area contributed by atoms with E-state index in [2.05, 4.69) is 4.40 Å². The topological polar surface area (TPSA) is 76.0 Å². The Hall–Kier alpha value is -1.89. The van der Waals surface area contributed by atoms with Gasteiger partial charge in [0.2, 0.25) is 0 Å². The van der Waals surface area contributed by atoms with Crippen molar-refractivity contribution >= 4 is 27.7 Å². The summed E-state index contributed by atoms with van der Waals surface area (Å²) in [6.45, 7) is 3.45. The first kappa shape index (κ1) is 12.6. The number of rotatable bonds is 1. The maximum absolute atomic E-state index is 11.9. The lowest BCUT2D eigenvalue weighted by Crippen LogP contribution is -2.38. The highest BCUT2D eigenvalue weighted by Gasteiger charge is 2.31. The number of fused-ring (bicyclic) bond motifs is 1. The first-order valence-corrected chi connectivity index (χ1v) is 6.79. The number of benzene rings is 1. The van der Waals surface area contributed by atoms with E-state index in [1.54, 1.807) is 18.2 Å². The standard InChI is InChI=1S/C11H12N2O4S/c1-3-13-9-6-4-5-7-10(9)18(15,16)12-11(13)17-8(2)14/h4-7H,3H2,1-2H3. The van der Waals surface area contributed by atoms with Crippen molar-refractivity contribution in [3.63, 3.8) is 0 Å². The summed E-state index contributed by atoms with van der Waals surface area (Å²) in [5.74, 6) is -0.609. The molecule has 1 aromatic carbocycles. The molecule has 0 radical (unpaired) electrons. The van der Waals surface area contributed by atoms with Gasteiger partial charge in [0.15, 0.2) is 0 Å². The summed E-state index contributed by atoms with van der Waals surface area (Å²) >= 11 is 0. The van der Waals surface area contributed by atoms with Crippen molar-refractivity contribution < 1.29 is 17.9 Å². The van der Waals surface area contributed by atoms with Gasteiger partial charge in [-0.3, -0.25) is 9.69 Å². The van der Waals surface area contributed by atoms with E-state index >= 15 is 0 Å². The van der Waals surface area contributed by atoms with Crippen LogP contribution < -0.4 is 4.90 Å². The molecule has 0 bridgehead atoms. The number of hydrogen-bond donors (Lipinski definition) is 0. The molecule has 0 saturated heterocycles. The Morgan fingerprint density at radius 2 is 2.06 bits per heavy atom. The normalized spacial score (nSPS) is 16.8. The largest absolute Gasteiger partial charge is 0.392 e. The summed E-state index contributed by atoms with van der Waals surface area (Å²) in [5, 5.41) is 0. The molecule has 1 heterocycles. The minimum Gasteiger partial charge on any atom is -0.392 e. The van der Waals surface area contributed by atoms with Gasteiger partial charge in [-0.15, -0.1) is 4.40 Å². The molecule has 1 aromatic rings. The Morgan fingerprint density at radius 3 is 2.67 bits per heavy atom. The van der Waals surface area contributed by atoms with Crippen molar-refractivity contribution in [1.82, 2.24) is 0 Å². The second-order valence-electron chi connectivity index (χ2n) is 3.65. The summed E-state index contributed by atoms with van der Waals surface area (Å²) in [7, 11) is -3.81. The Bertz CT molecular complexity index is 622. The van der Waals surface area contributed by atoms with Crippen LogP contribution in [0.4, 0.5) is 5.69 Å². The fourth-order valence-corrected chi connectivity index (χ4v) is 2.84. The van der Waals surface area contributed by atoms with E-state index in [1.807, 2.05) is 6.92 Å². The van der Waals surface area contributed by atoms with E-state index in [1.165, 1.54) is 17.9 Å². The second-order valence-corrected chi connectivity index (χ2v) is 5.23. The van der Waals surface area contributed by atoms with E-state index in [4.69, 9.17) is 4.74 Å². The number of para-hydroxylation sites is 1. The van der Waals surface area contributed by atoms with Crippen LogP contribution in [0, 0.1) is 0 Å². The van der Waals surface area contributed by atoms with Crippen LogP contribution >= 0.6 is 0 Å². The van der Waals surface area contributed by atoms with Crippen molar-refractivity contribution in [3.05, 3.63) is 24.3 Å². The smallest absolute Gasteiger partial charge is 0.316 e. The molecule has 0 atom stereocenters. The summed E-state index contributed by atoms with van der Waals surface area (Å²) in [6.07, 6.45) is 0. The van der Waals surface area contributed by atoms with Crippen LogP contribution in [0.1, 0.15) is 13.8 Å². The van der Waals surface area contributed by atoms with E-state index < -0.39 is 16.0 Å². The van der Waals surface area contributed by atoms with E-state index in [9.17, 15) is 13.2 Å². The predicted molar refractivity (Wildman–Crippen MR) is 65.8 cm³/mol. The monoisotopic (exact) mass is 268 g/mol. The van der Waals surface area contributed by atoms with E-state index in [0.29, 0.717) is 12.2 Å². The van der Waals surface area contributed by atoms with Crippen LogP contribution in [0.15, 0.2) is 33.6 Å². The van der Waals surface area contributed by atoms with Gasteiger partial charge in [-0.05, 0) is 19.1 Å². The van der Waals surface area contributed by atoms with Gasteiger partial charge in [0, 0.05) is 13.5 Å². The SMILES string of the molecule is CCN1C(OC(C)=O)=NS(=O)(=O)c2ccccc21. The minimum absolute atomic E-state index is 0.114. The lowest BCUT2D eigenvalue weighted by Gasteiger charge is -2.27. The van der Waals surface area contributed by atoms with Crippen LogP contribution in [0.25, 0.3) is 0 Å². The first-order valence-electron chi connectivity index (χ1n) is 5.35. The molecule has 0 amide bonds. The highest BCUT2D eigenvalue weighted by molar-refractivity contribution is 7.90. The van der Waals surface area contributed by atoms with Crippen molar-refractivity contribution in [2.75, 3.05) is 11.4 Å². The zero-order chi connectivity index (χ0) is 13.3. The van der Waals surface area contributed by atoms with Gasteiger partial charge in [-0.2, -0.15) is 8.42 Å². The van der Waals surface area contributed by atoms with Gasteiger partial charge >= 0.3 is 12.0 Å². The Kier molecular flexibility index (Phi) is 3.08. The molecule has 18 heavy (non-hydrogen) atoms. The zero-order valence-electron chi connectivity index (χ0n) is 9.95. The van der Waals surface area contributed by atoms with Crippen LogP contribution in [0.3, 0.4) is 0 Å². The average molecular weight is 268 g/mol. The maximum Gasteiger partial charge on any atom is 0.316 e. The van der Waals surface area contributed by atoms with Gasteiger partial charge in [0.1, 0.15) is 4.90 Å². The molecule has 6 nitrogen and oxygen atoms in total. The molecule has 0 aliphatic carbocycles. The minimum atomic E-state index is -3.81. The number of sulfonamides is 1. The molecule has 0 fully saturated rings. The predicted octanol–water partition coefficient (Wildman–Crippen LogP) is 1.13. The van der Waals surface area contributed by atoms with Crippen molar-refractivity contribution in [2.45, 2.75) is 18.7 Å².